The van der Waals surface area contributed by atoms with Gasteiger partial charge in [-0.1, -0.05) is 31.5 Å². The van der Waals surface area contributed by atoms with Crippen molar-refractivity contribution in [1.29, 1.82) is 0 Å². The molecule has 3 rings (SSSR count). The summed E-state index contributed by atoms with van der Waals surface area (Å²) in [6.45, 7) is 6.02. The zero-order valence-electron chi connectivity index (χ0n) is 16.0. The molecule has 2 heterocycles. The van der Waals surface area contributed by atoms with Crippen molar-refractivity contribution < 1.29 is 14.3 Å². The predicted molar refractivity (Wildman–Crippen MR) is 108 cm³/mol. The van der Waals surface area contributed by atoms with E-state index < -0.39 is 11.7 Å². The highest BCUT2D eigenvalue weighted by Gasteiger charge is 2.30. The Labute approximate surface area is 168 Å². The minimum Gasteiger partial charge on any atom is -0.488 e. The highest BCUT2D eigenvalue weighted by molar-refractivity contribution is 6.32. The number of ether oxygens (including phenoxy) is 2. The number of carbonyl (C=O) groups excluding carboxylic acids is 1. The fourth-order valence-electron chi connectivity index (χ4n) is 3.36. The standard InChI is InChI=1S/C20H23ClN4O3/c1-12(2)9-20(3,28-19(22)26)11-27-17-5-4-13(8-16(17)21)14-6-7-23-18-15(14)10-24-25-18/h4-8,10,12H,9,11H2,1-3H3,(H2,22,26)(H,23,24,25). The molecule has 0 saturated carbocycles. The number of aromatic nitrogens is 3. The van der Waals surface area contributed by atoms with Gasteiger partial charge in [0.25, 0.3) is 0 Å². The molecule has 2 aromatic heterocycles. The van der Waals surface area contributed by atoms with Crippen molar-refractivity contribution >= 4 is 28.7 Å². The Kier molecular flexibility index (Phi) is 5.74. The van der Waals surface area contributed by atoms with Crippen LogP contribution in [-0.4, -0.2) is 33.5 Å². The van der Waals surface area contributed by atoms with Gasteiger partial charge in [-0.25, -0.2) is 9.78 Å². The molecule has 0 radical (unpaired) electrons. The number of halogens is 1. The second kappa shape index (κ2) is 8.06. The first kappa shape index (κ1) is 19.9. The first-order valence-electron chi connectivity index (χ1n) is 8.97. The van der Waals surface area contributed by atoms with Gasteiger partial charge < -0.3 is 15.2 Å². The van der Waals surface area contributed by atoms with E-state index in [-0.39, 0.29) is 6.61 Å². The van der Waals surface area contributed by atoms with Crippen LogP contribution in [0.15, 0.2) is 36.7 Å². The SMILES string of the molecule is CC(C)CC(C)(COc1ccc(-c2ccnc3[nH]ncc23)cc1Cl)OC(N)=O. The number of nitrogens with two attached hydrogens (primary N) is 1. The van der Waals surface area contributed by atoms with E-state index in [2.05, 4.69) is 15.2 Å². The number of benzene rings is 1. The molecule has 148 valence electrons. The van der Waals surface area contributed by atoms with Gasteiger partial charge in [0, 0.05) is 11.6 Å². The molecule has 0 bridgehead atoms. The highest BCUT2D eigenvalue weighted by atomic mass is 35.5. The number of hydrogen-bond acceptors (Lipinski definition) is 5. The van der Waals surface area contributed by atoms with E-state index in [0.717, 1.165) is 16.5 Å². The Morgan fingerprint density at radius 3 is 2.82 bits per heavy atom. The quantitative estimate of drug-likeness (QED) is 0.603. The molecule has 1 amide bonds. The lowest BCUT2D eigenvalue weighted by Gasteiger charge is -2.30. The van der Waals surface area contributed by atoms with Gasteiger partial charge in [-0.3, -0.25) is 5.10 Å². The minimum absolute atomic E-state index is 0.147. The van der Waals surface area contributed by atoms with Crippen LogP contribution in [0.5, 0.6) is 5.75 Å². The van der Waals surface area contributed by atoms with Crippen molar-refractivity contribution in [2.24, 2.45) is 11.7 Å². The number of nitrogens with zero attached hydrogens (tertiary/aromatic N) is 2. The van der Waals surface area contributed by atoms with E-state index in [0.29, 0.717) is 28.8 Å². The van der Waals surface area contributed by atoms with E-state index in [4.69, 9.17) is 26.8 Å². The Bertz CT molecular complexity index is 988. The maximum atomic E-state index is 11.3. The number of fused-ring (bicyclic) bond motifs is 1. The molecule has 1 aromatic carbocycles. The number of primary amides is 1. The Balaban J connectivity index is 1.81. The average molecular weight is 403 g/mol. The summed E-state index contributed by atoms with van der Waals surface area (Å²) < 4.78 is 11.2. The normalized spacial score (nSPS) is 13.5. The zero-order chi connectivity index (χ0) is 20.3. The molecule has 0 aliphatic carbocycles. The van der Waals surface area contributed by atoms with Crippen LogP contribution in [0.1, 0.15) is 27.2 Å². The maximum absolute atomic E-state index is 11.3. The lowest BCUT2D eigenvalue weighted by molar-refractivity contribution is -0.0185. The third kappa shape index (κ3) is 4.54. The van der Waals surface area contributed by atoms with Crippen LogP contribution in [0.3, 0.4) is 0 Å². The number of nitrogens with one attached hydrogen (secondary N) is 1. The van der Waals surface area contributed by atoms with Crippen LogP contribution in [0.4, 0.5) is 4.79 Å². The first-order valence-corrected chi connectivity index (χ1v) is 9.34. The molecule has 1 atom stereocenters. The molecule has 0 fully saturated rings. The molecule has 7 nitrogen and oxygen atoms in total. The second-order valence-electron chi connectivity index (χ2n) is 7.39. The van der Waals surface area contributed by atoms with Gasteiger partial charge in [-0.05, 0) is 48.6 Å². The first-order chi connectivity index (χ1) is 13.3. The number of amides is 1. The van der Waals surface area contributed by atoms with Gasteiger partial charge in [0.2, 0.25) is 0 Å². The van der Waals surface area contributed by atoms with Gasteiger partial charge >= 0.3 is 6.09 Å². The van der Waals surface area contributed by atoms with Crippen LogP contribution in [0.2, 0.25) is 5.02 Å². The van der Waals surface area contributed by atoms with E-state index in [9.17, 15) is 4.79 Å². The Morgan fingerprint density at radius 1 is 1.36 bits per heavy atom. The van der Waals surface area contributed by atoms with Crippen molar-refractivity contribution in [2.75, 3.05) is 6.61 Å². The van der Waals surface area contributed by atoms with Gasteiger partial charge in [-0.2, -0.15) is 5.10 Å². The van der Waals surface area contributed by atoms with Crippen LogP contribution < -0.4 is 10.5 Å². The Hall–Kier alpha value is -2.80. The largest absolute Gasteiger partial charge is 0.488 e. The third-order valence-corrected chi connectivity index (χ3v) is 4.61. The van der Waals surface area contributed by atoms with Gasteiger partial charge in [0.15, 0.2) is 5.65 Å². The number of hydrogen-bond donors (Lipinski definition) is 2. The lowest BCUT2D eigenvalue weighted by atomic mass is 9.95. The summed E-state index contributed by atoms with van der Waals surface area (Å²) in [7, 11) is 0. The number of aromatic amines is 1. The van der Waals surface area contributed by atoms with Crippen LogP contribution in [0.25, 0.3) is 22.2 Å². The van der Waals surface area contributed by atoms with Crippen molar-refractivity contribution in [3.8, 4) is 16.9 Å². The summed E-state index contributed by atoms with van der Waals surface area (Å²) >= 11 is 6.45. The highest BCUT2D eigenvalue weighted by Crippen LogP contribution is 2.34. The number of H-pyrrole nitrogens is 1. The summed E-state index contributed by atoms with van der Waals surface area (Å²) in [6.07, 6.45) is 3.23. The molecule has 0 aliphatic rings. The summed E-state index contributed by atoms with van der Waals surface area (Å²) in [6, 6.07) is 7.44. The van der Waals surface area contributed by atoms with Crippen LogP contribution in [-0.2, 0) is 4.74 Å². The predicted octanol–water partition coefficient (Wildman–Crippen LogP) is 4.56. The number of carbonyl (C=O) groups is 1. The Morgan fingerprint density at radius 2 is 2.14 bits per heavy atom. The van der Waals surface area contributed by atoms with Crippen LogP contribution >= 0.6 is 11.6 Å². The molecule has 0 saturated heterocycles. The molecule has 3 N–H and O–H groups in total. The van der Waals surface area contributed by atoms with Gasteiger partial charge in [-0.15, -0.1) is 0 Å². The fraction of sp³-hybridized carbons (Fsp3) is 0.350. The summed E-state index contributed by atoms with van der Waals surface area (Å²) in [4.78, 5) is 15.5. The van der Waals surface area contributed by atoms with Crippen molar-refractivity contribution in [3.63, 3.8) is 0 Å². The van der Waals surface area contributed by atoms with Crippen molar-refractivity contribution in [3.05, 3.63) is 41.7 Å². The summed E-state index contributed by atoms with van der Waals surface area (Å²) in [5.74, 6) is 0.806. The summed E-state index contributed by atoms with van der Waals surface area (Å²) in [5, 5.41) is 8.25. The van der Waals surface area contributed by atoms with Gasteiger partial charge in [0.1, 0.15) is 18.0 Å². The molecule has 28 heavy (non-hydrogen) atoms. The number of rotatable bonds is 7. The van der Waals surface area contributed by atoms with E-state index in [1.54, 1.807) is 25.4 Å². The molecular formula is C20H23ClN4O3. The topological polar surface area (TPSA) is 103 Å². The van der Waals surface area contributed by atoms with Crippen molar-refractivity contribution in [2.45, 2.75) is 32.8 Å². The second-order valence-corrected chi connectivity index (χ2v) is 7.80. The van der Waals surface area contributed by atoms with E-state index in [1.165, 1.54) is 0 Å². The minimum atomic E-state index is -0.837. The molecule has 1 unspecified atom stereocenters. The van der Waals surface area contributed by atoms with Crippen LogP contribution in [0, 0.1) is 5.92 Å². The average Bonchev–Trinajstić information content (AvgIpc) is 3.08. The third-order valence-electron chi connectivity index (χ3n) is 4.32. The molecule has 0 spiro atoms. The summed E-state index contributed by atoms with van der Waals surface area (Å²) in [5.41, 5.74) is 6.98. The van der Waals surface area contributed by atoms with E-state index in [1.807, 2.05) is 32.0 Å². The van der Waals surface area contributed by atoms with Crippen molar-refractivity contribution in [1.82, 2.24) is 15.2 Å². The maximum Gasteiger partial charge on any atom is 0.405 e. The monoisotopic (exact) mass is 402 g/mol. The zero-order valence-corrected chi connectivity index (χ0v) is 16.8. The molecule has 8 heteroatoms. The van der Waals surface area contributed by atoms with Gasteiger partial charge in [0.05, 0.1) is 11.2 Å². The molecule has 3 aromatic rings. The number of pyridine rings is 1. The smallest absolute Gasteiger partial charge is 0.405 e. The molecule has 0 aliphatic heterocycles. The lowest BCUT2D eigenvalue weighted by Crippen LogP contribution is -2.41. The van der Waals surface area contributed by atoms with E-state index >= 15 is 0 Å². The molecular weight excluding hydrogens is 380 g/mol. The fourth-order valence-corrected chi connectivity index (χ4v) is 3.59.